The predicted molar refractivity (Wildman–Crippen MR) is 68.5 cm³/mol. The largest absolute Gasteiger partial charge is 0.324 e. The number of aryl methyl sites for hydroxylation is 2. The molecule has 0 saturated carbocycles. The lowest BCUT2D eigenvalue weighted by atomic mass is 10.0. The van der Waals surface area contributed by atoms with E-state index in [0.717, 1.165) is 28.8 Å². The number of halogens is 1. The molecule has 88 valence electrons. The van der Waals surface area contributed by atoms with Crippen molar-refractivity contribution in [3.05, 3.63) is 40.2 Å². The number of carbonyl (C=O) groups excluding carboxylic acids is 1. The van der Waals surface area contributed by atoms with E-state index in [-0.39, 0.29) is 5.15 Å². The third kappa shape index (κ3) is 1.87. The first-order valence-electron chi connectivity index (χ1n) is 5.30. The quantitative estimate of drug-likeness (QED) is 0.765. The molecule has 0 spiro atoms. The van der Waals surface area contributed by atoms with Gasteiger partial charge in [0.2, 0.25) is 0 Å². The molecule has 0 aliphatic heterocycles. The number of aldehydes is 1. The Kier molecular flexibility index (Phi) is 3.03. The van der Waals surface area contributed by atoms with Crippen LogP contribution in [0, 0.1) is 13.8 Å². The first kappa shape index (κ1) is 11.9. The first-order valence-corrected chi connectivity index (χ1v) is 5.68. The molecule has 3 nitrogen and oxygen atoms in total. The van der Waals surface area contributed by atoms with E-state index in [2.05, 4.69) is 4.98 Å². The smallest absolute Gasteiger partial charge is 0.169 e. The number of imidazole rings is 1. The second-order valence-corrected chi connectivity index (χ2v) is 4.41. The van der Waals surface area contributed by atoms with E-state index in [4.69, 9.17) is 11.6 Å². The van der Waals surface area contributed by atoms with Gasteiger partial charge in [-0.05, 0) is 25.0 Å². The maximum atomic E-state index is 10.9. The highest BCUT2D eigenvalue weighted by atomic mass is 35.5. The van der Waals surface area contributed by atoms with Crippen LogP contribution in [0.15, 0.2) is 18.2 Å². The van der Waals surface area contributed by atoms with Gasteiger partial charge in [0.05, 0.1) is 0 Å². The van der Waals surface area contributed by atoms with Crippen molar-refractivity contribution in [2.24, 2.45) is 7.05 Å². The molecule has 1 aromatic heterocycles. The van der Waals surface area contributed by atoms with Crippen molar-refractivity contribution in [3.63, 3.8) is 0 Å². The van der Waals surface area contributed by atoms with Crippen LogP contribution in [0.2, 0.25) is 5.15 Å². The minimum absolute atomic E-state index is 0.250. The maximum Gasteiger partial charge on any atom is 0.169 e. The SMILES string of the molecule is Cc1cccc(C)c1-c1nc(Cl)c(C=O)n1C. The molecule has 2 rings (SSSR count). The highest BCUT2D eigenvalue weighted by molar-refractivity contribution is 6.31. The molecule has 0 aliphatic rings. The molecule has 1 aromatic carbocycles. The van der Waals surface area contributed by atoms with Crippen LogP contribution in [0.3, 0.4) is 0 Å². The van der Waals surface area contributed by atoms with E-state index >= 15 is 0 Å². The third-order valence-electron chi connectivity index (χ3n) is 2.91. The van der Waals surface area contributed by atoms with Crippen molar-refractivity contribution in [2.45, 2.75) is 13.8 Å². The van der Waals surface area contributed by atoms with Crippen molar-refractivity contribution < 1.29 is 4.79 Å². The van der Waals surface area contributed by atoms with Crippen LogP contribution in [0.5, 0.6) is 0 Å². The molecule has 0 N–H and O–H groups in total. The summed E-state index contributed by atoms with van der Waals surface area (Å²) >= 11 is 5.94. The van der Waals surface area contributed by atoms with Gasteiger partial charge in [-0.25, -0.2) is 4.98 Å². The molecule has 4 heteroatoms. The Bertz CT molecular complexity index is 567. The second kappa shape index (κ2) is 4.34. The zero-order chi connectivity index (χ0) is 12.6. The highest BCUT2D eigenvalue weighted by Crippen LogP contribution is 2.28. The van der Waals surface area contributed by atoms with Crippen LogP contribution < -0.4 is 0 Å². The van der Waals surface area contributed by atoms with Gasteiger partial charge in [-0.15, -0.1) is 0 Å². The predicted octanol–water partition coefficient (Wildman–Crippen LogP) is 3.17. The number of rotatable bonds is 2. The van der Waals surface area contributed by atoms with Crippen molar-refractivity contribution in [1.29, 1.82) is 0 Å². The van der Waals surface area contributed by atoms with Gasteiger partial charge in [0.1, 0.15) is 11.5 Å². The molecule has 0 aliphatic carbocycles. The van der Waals surface area contributed by atoms with Gasteiger partial charge < -0.3 is 4.57 Å². The van der Waals surface area contributed by atoms with Crippen LogP contribution in [-0.4, -0.2) is 15.8 Å². The van der Waals surface area contributed by atoms with Gasteiger partial charge in [0.15, 0.2) is 11.4 Å². The zero-order valence-electron chi connectivity index (χ0n) is 9.99. The number of hydrogen-bond acceptors (Lipinski definition) is 2. The van der Waals surface area contributed by atoms with Gasteiger partial charge in [0, 0.05) is 12.6 Å². The van der Waals surface area contributed by atoms with Gasteiger partial charge >= 0.3 is 0 Å². The van der Waals surface area contributed by atoms with Crippen LogP contribution >= 0.6 is 11.6 Å². The molecule has 0 radical (unpaired) electrons. The lowest BCUT2D eigenvalue weighted by Crippen LogP contribution is -2.00. The summed E-state index contributed by atoms with van der Waals surface area (Å²) in [5.41, 5.74) is 3.67. The standard InChI is InChI=1S/C13H13ClN2O/c1-8-5-4-6-9(2)11(8)13-15-12(14)10(7-17)16(13)3/h4-7H,1-3H3. The normalized spacial score (nSPS) is 10.6. The van der Waals surface area contributed by atoms with E-state index in [9.17, 15) is 4.79 Å². The number of benzene rings is 1. The number of nitrogens with zero attached hydrogens (tertiary/aromatic N) is 2. The van der Waals surface area contributed by atoms with Crippen LogP contribution in [-0.2, 0) is 7.05 Å². The van der Waals surface area contributed by atoms with E-state index in [1.807, 2.05) is 32.0 Å². The Labute approximate surface area is 105 Å². The molecular weight excluding hydrogens is 236 g/mol. The van der Waals surface area contributed by atoms with E-state index in [0.29, 0.717) is 5.69 Å². The molecule has 0 amide bonds. The Balaban J connectivity index is 2.73. The van der Waals surface area contributed by atoms with Crippen LogP contribution in [0.4, 0.5) is 0 Å². The second-order valence-electron chi connectivity index (χ2n) is 4.06. The fourth-order valence-electron chi connectivity index (χ4n) is 2.00. The fourth-order valence-corrected chi connectivity index (χ4v) is 2.25. The molecule has 0 bridgehead atoms. The Morgan fingerprint density at radius 3 is 2.35 bits per heavy atom. The zero-order valence-corrected chi connectivity index (χ0v) is 10.7. The number of hydrogen-bond donors (Lipinski definition) is 0. The van der Waals surface area contributed by atoms with E-state index in [1.54, 1.807) is 11.6 Å². The monoisotopic (exact) mass is 248 g/mol. The molecule has 0 unspecified atom stereocenters. The summed E-state index contributed by atoms with van der Waals surface area (Å²) in [6.07, 6.45) is 0.729. The minimum atomic E-state index is 0.250. The summed E-state index contributed by atoms with van der Waals surface area (Å²) in [4.78, 5) is 15.2. The van der Waals surface area contributed by atoms with E-state index in [1.165, 1.54) is 0 Å². The lowest BCUT2D eigenvalue weighted by molar-refractivity contribution is 0.111. The highest BCUT2D eigenvalue weighted by Gasteiger charge is 2.16. The van der Waals surface area contributed by atoms with Gasteiger partial charge in [0.25, 0.3) is 0 Å². The summed E-state index contributed by atoms with van der Waals surface area (Å²) in [5.74, 6) is 0.729. The van der Waals surface area contributed by atoms with Gasteiger partial charge in [-0.1, -0.05) is 29.8 Å². The molecular formula is C13H13ClN2O. The van der Waals surface area contributed by atoms with Gasteiger partial charge in [-0.3, -0.25) is 4.79 Å². The lowest BCUT2D eigenvalue weighted by Gasteiger charge is -2.09. The maximum absolute atomic E-state index is 10.9. The van der Waals surface area contributed by atoms with E-state index < -0.39 is 0 Å². The fraction of sp³-hybridized carbons (Fsp3) is 0.231. The third-order valence-corrected chi connectivity index (χ3v) is 3.19. The molecule has 17 heavy (non-hydrogen) atoms. The molecule has 1 heterocycles. The number of carbonyl (C=O) groups is 1. The molecule has 0 fully saturated rings. The average molecular weight is 249 g/mol. The summed E-state index contributed by atoms with van der Waals surface area (Å²) in [6, 6.07) is 6.04. The molecule has 0 atom stereocenters. The Morgan fingerprint density at radius 2 is 1.88 bits per heavy atom. The van der Waals surface area contributed by atoms with Crippen molar-refractivity contribution in [1.82, 2.24) is 9.55 Å². The molecule has 2 aromatic rings. The van der Waals surface area contributed by atoms with Crippen molar-refractivity contribution in [2.75, 3.05) is 0 Å². The minimum Gasteiger partial charge on any atom is -0.324 e. The average Bonchev–Trinajstić information content (AvgIpc) is 2.54. The Hall–Kier alpha value is -1.61. The summed E-state index contributed by atoms with van der Waals surface area (Å²) in [7, 11) is 1.80. The Morgan fingerprint density at radius 1 is 1.29 bits per heavy atom. The molecule has 0 saturated heterocycles. The number of aromatic nitrogens is 2. The van der Waals surface area contributed by atoms with Crippen LogP contribution in [0.25, 0.3) is 11.4 Å². The van der Waals surface area contributed by atoms with Gasteiger partial charge in [-0.2, -0.15) is 0 Å². The summed E-state index contributed by atoms with van der Waals surface area (Å²) in [5, 5.41) is 0.250. The summed E-state index contributed by atoms with van der Waals surface area (Å²) < 4.78 is 1.73. The van der Waals surface area contributed by atoms with Crippen molar-refractivity contribution >= 4 is 17.9 Å². The van der Waals surface area contributed by atoms with Crippen molar-refractivity contribution in [3.8, 4) is 11.4 Å². The van der Waals surface area contributed by atoms with Crippen LogP contribution in [0.1, 0.15) is 21.6 Å². The summed E-state index contributed by atoms with van der Waals surface area (Å²) in [6.45, 7) is 4.04. The first-order chi connectivity index (χ1) is 8.06. The topological polar surface area (TPSA) is 34.9 Å².